The Kier molecular flexibility index (Phi) is 22.1. The van der Waals surface area contributed by atoms with Crippen molar-refractivity contribution in [1.29, 1.82) is 0 Å². The van der Waals surface area contributed by atoms with Gasteiger partial charge in [0.15, 0.2) is 0 Å². The normalized spacial score (nSPS) is 9.60. The van der Waals surface area contributed by atoms with E-state index in [1.807, 2.05) is 0 Å². The Morgan fingerprint density at radius 2 is 0.867 bits per heavy atom. The lowest BCUT2D eigenvalue weighted by Crippen LogP contribution is -2.35. The van der Waals surface area contributed by atoms with Gasteiger partial charge >= 0.3 is 0 Å². The molecular formula is C8H25N5O2. The van der Waals surface area contributed by atoms with Gasteiger partial charge in [0.1, 0.15) is 0 Å². The van der Waals surface area contributed by atoms with Crippen molar-refractivity contribution in [3.05, 3.63) is 0 Å². The molecule has 0 radical (unpaired) electrons. The molecule has 0 saturated carbocycles. The van der Waals surface area contributed by atoms with Crippen LogP contribution in [0.25, 0.3) is 0 Å². The first kappa shape index (κ1) is 17.1. The first-order chi connectivity index (χ1) is 7.41. The molecular weight excluding hydrogens is 198 g/mol. The molecule has 0 atom stereocenters. The summed E-state index contributed by atoms with van der Waals surface area (Å²) in [6.45, 7) is 7.15. The molecule has 15 heavy (non-hydrogen) atoms. The quantitative estimate of drug-likeness (QED) is 0.126. The second-order valence-electron chi connectivity index (χ2n) is 2.83. The van der Waals surface area contributed by atoms with Crippen molar-refractivity contribution in [2.45, 2.75) is 0 Å². The second-order valence-corrected chi connectivity index (χ2v) is 2.83. The molecule has 9 N–H and O–H groups in total. The lowest BCUT2D eigenvalue weighted by atomic mass is 10.5. The van der Waals surface area contributed by atoms with E-state index in [1.54, 1.807) is 0 Å². The van der Waals surface area contributed by atoms with E-state index in [2.05, 4.69) is 16.0 Å². The summed E-state index contributed by atoms with van der Waals surface area (Å²) in [5.74, 6) is 0. The molecule has 0 aromatic carbocycles. The molecule has 0 heterocycles. The number of hydrogen-bond acceptors (Lipinski definition) is 7. The van der Waals surface area contributed by atoms with E-state index in [1.165, 1.54) is 0 Å². The Hall–Kier alpha value is -0.280. The average molecular weight is 223 g/mol. The smallest absolute Gasteiger partial charge is 0.00772 e. The topological polar surface area (TPSA) is 129 Å². The summed E-state index contributed by atoms with van der Waals surface area (Å²) in [6, 6.07) is 0. The fourth-order valence-electron chi connectivity index (χ4n) is 0.933. The number of nitrogens with two attached hydrogens (primary N) is 2. The van der Waals surface area contributed by atoms with Gasteiger partial charge in [-0.05, 0) is 0 Å². The minimum absolute atomic E-state index is 0.706. The Balaban J connectivity index is 0. The molecule has 7 nitrogen and oxygen atoms in total. The summed E-state index contributed by atoms with van der Waals surface area (Å²) in [4.78, 5) is 0. The lowest BCUT2D eigenvalue weighted by Gasteiger charge is -2.06. The maximum atomic E-state index is 6.00. The van der Waals surface area contributed by atoms with Crippen LogP contribution in [0.15, 0.2) is 0 Å². The third-order valence-electron chi connectivity index (χ3n) is 1.60. The van der Waals surface area contributed by atoms with Crippen molar-refractivity contribution in [1.82, 2.24) is 16.0 Å². The highest BCUT2D eigenvalue weighted by Gasteiger charge is 1.87. The van der Waals surface area contributed by atoms with E-state index in [-0.39, 0.29) is 0 Å². The van der Waals surface area contributed by atoms with Crippen LogP contribution in [0.5, 0.6) is 0 Å². The van der Waals surface area contributed by atoms with Crippen LogP contribution in [-0.4, -0.2) is 62.9 Å². The predicted molar refractivity (Wildman–Crippen MR) is 62.0 cm³/mol. The molecule has 0 amide bonds. The summed E-state index contributed by atoms with van der Waals surface area (Å²) in [5, 5.41) is 21.7. The van der Waals surface area contributed by atoms with Gasteiger partial charge in [-0.2, -0.15) is 0 Å². The molecule has 0 spiro atoms. The van der Waals surface area contributed by atoms with Crippen LogP contribution >= 0.6 is 0 Å². The summed E-state index contributed by atoms with van der Waals surface area (Å²) in [5.41, 5.74) is 10.6. The maximum absolute atomic E-state index is 6.00. The highest BCUT2D eigenvalue weighted by molar-refractivity contribution is 4.54. The van der Waals surface area contributed by atoms with E-state index >= 15 is 0 Å². The number of hydrogen-bond donors (Lipinski definition) is 7. The van der Waals surface area contributed by atoms with Crippen LogP contribution < -0.4 is 27.4 Å². The Bertz CT molecular complexity index is 87.1. The fourth-order valence-corrected chi connectivity index (χ4v) is 0.933. The summed E-state index contributed by atoms with van der Waals surface area (Å²) < 4.78 is 0. The molecule has 0 bridgehead atoms. The first-order valence-corrected chi connectivity index (χ1v) is 5.14. The van der Waals surface area contributed by atoms with Crippen molar-refractivity contribution in [3.63, 3.8) is 0 Å². The van der Waals surface area contributed by atoms with Crippen LogP contribution in [-0.2, 0) is 0 Å². The van der Waals surface area contributed by atoms with Gasteiger partial charge in [-0.3, -0.25) is 10.5 Å². The van der Waals surface area contributed by atoms with Crippen LogP contribution in [0, 0.1) is 0 Å². The highest BCUT2D eigenvalue weighted by atomic mass is 17.0. The second kappa shape index (κ2) is 19.3. The standard InChI is InChI=1S/C8H23N5.H2O2/c9-1-3-11-5-7-13-8-6-12-4-2-10;1-2/h11-13H,1-10H2;1-2H. The van der Waals surface area contributed by atoms with Crippen LogP contribution in [0.2, 0.25) is 0 Å². The van der Waals surface area contributed by atoms with Gasteiger partial charge < -0.3 is 27.4 Å². The van der Waals surface area contributed by atoms with Crippen molar-refractivity contribution < 1.29 is 10.5 Å². The van der Waals surface area contributed by atoms with Crippen LogP contribution in [0.4, 0.5) is 0 Å². The zero-order valence-electron chi connectivity index (χ0n) is 9.21. The first-order valence-electron chi connectivity index (χ1n) is 5.14. The van der Waals surface area contributed by atoms with Crippen molar-refractivity contribution in [3.8, 4) is 0 Å². The third-order valence-corrected chi connectivity index (χ3v) is 1.60. The molecule has 0 unspecified atom stereocenters. The van der Waals surface area contributed by atoms with Crippen molar-refractivity contribution in [2.24, 2.45) is 11.5 Å². The molecule has 7 heteroatoms. The molecule has 0 aromatic heterocycles. The van der Waals surface area contributed by atoms with Crippen molar-refractivity contribution in [2.75, 3.05) is 52.4 Å². The van der Waals surface area contributed by atoms with Crippen LogP contribution in [0.3, 0.4) is 0 Å². The van der Waals surface area contributed by atoms with E-state index in [0.29, 0.717) is 13.1 Å². The minimum Gasteiger partial charge on any atom is -0.329 e. The molecule has 0 aliphatic rings. The largest absolute Gasteiger partial charge is 0.329 e. The Morgan fingerprint density at radius 1 is 0.600 bits per heavy atom. The average Bonchev–Trinajstić information content (AvgIpc) is 2.30. The molecule has 0 rings (SSSR count). The zero-order chi connectivity index (χ0) is 11.8. The molecule has 94 valence electrons. The van der Waals surface area contributed by atoms with Gasteiger partial charge in [0, 0.05) is 52.4 Å². The van der Waals surface area contributed by atoms with E-state index in [9.17, 15) is 0 Å². The van der Waals surface area contributed by atoms with Gasteiger partial charge in [-0.1, -0.05) is 0 Å². The van der Waals surface area contributed by atoms with Crippen LogP contribution in [0.1, 0.15) is 0 Å². The SMILES string of the molecule is NCCNCCNCCNCCN.OO. The fraction of sp³-hybridized carbons (Fsp3) is 1.00. The number of rotatable bonds is 10. The minimum atomic E-state index is 0.706. The van der Waals surface area contributed by atoms with Gasteiger partial charge in [-0.25, -0.2) is 0 Å². The monoisotopic (exact) mass is 223 g/mol. The van der Waals surface area contributed by atoms with E-state index in [4.69, 9.17) is 22.0 Å². The third kappa shape index (κ3) is 19.9. The zero-order valence-corrected chi connectivity index (χ0v) is 9.21. The van der Waals surface area contributed by atoms with Gasteiger partial charge in [0.05, 0.1) is 0 Å². The molecule has 0 saturated heterocycles. The maximum Gasteiger partial charge on any atom is 0.00772 e. The summed E-state index contributed by atoms with van der Waals surface area (Å²) in [6.07, 6.45) is 0. The summed E-state index contributed by atoms with van der Waals surface area (Å²) in [7, 11) is 0. The number of nitrogens with one attached hydrogen (secondary N) is 3. The van der Waals surface area contributed by atoms with E-state index < -0.39 is 0 Å². The molecule has 0 aliphatic heterocycles. The molecule has 0 aliphatic carbocycles. The van der Waals surface area contributed by atoms with Gasteiger partial charge in [-0.15, -0.1) is 0 Å². The van der Waals surface area contributed by atoms with Crippen molar-refractivity contribution >= 4 is 0 Å². The molecule has 0 fully saturated rings. The molecule has 0 aromatic rings. The highest BCUT2D eigenvalue weighted by Crippen LogP contribution is 1.60. The van der Waals surface area contributed by atoms with Gasteiger partial charge in [0.2, 0.25) is 0 Å². The summed E-state index contributed by atoms with van der Waals surface area (Å²) >= 11 is 0. The van der Waals surface area contributed by atoms with Gasteiger partial charge in [0.25, 0.3) is 0 Å². The predicted octanol–water partition coefficient (Wildman–Crippen LogP) is -2.31. The Labute approximate surface area is 91.1 Å². The van der Waals surface area contributed by atoms with E-state index in [0.717, 1.165) is 39.3 Å². The Morgan fingerprint density at radius 3 is 1.13 bits per heavy atom. The lowest BCUT2D eigenvalue weighted by molar-refractivity contribution is -0.176.